The molecule has 0 aliphatic heterocycles. The van der Waals surface area contributed by atoms with Crippen LogP contribution in [0.3, 0.4) is 0 Å². The Morgan fingerprint density at radius 2 is 1.86 bits per heavy atom. The molecule has 112 valence electrons. The molecular formula is C16H15ClN4S. The van der Waals surface area contributed by atoms with Crippen molar-refractivity contribution in [2.24, 2.45) is 0 Å². The zero-order chi connectivity index (χ0) is 15.5. The van der Waals surface area contributed by atoms with Crippen molar-refractivity contribution in [3.05, 3.63) is 53.6 Å². The zero-order valence-electron chi connectivity index (χ0n) is 12.0. The number of hydrogen-bond donors (Lipinski definition) is 2. The minimum atomic E-state index is 0.493. The maximum absolute atomic E-state index is 5.87. The van der Waals surface area contributed by atoms with Crippen LogP contribution in [-0.4, -0.2) is 14.7 Å². The highest BCUT2D eigenvalue weighted by Crippen LogP contribution is 2.20. The second-order valence-corrected chi connectivity index (χ2v) is 5.60. The van der Waals surface area contributed by atoms with Gasteiger partial charge in [-0.15, -0.1) is 0 Å². The minimum absolute atomic E-state index is 0.493. The number of aryl methyl sites for hydroxylation is 1. The Morgan fingerprint density at radius 1 is 1.14 bits per heavy atom. The summed E-state index contributed by atoms with van der Waals surface area (Å²) in [6.45, 7) is 2.89. The summed E-state index contributed by atoms with van der Waals surface area (Å²) in [4.78, 5) is 4.58. The summed E-state index contributed by atoms with van der Waals surface area (Å²) in [6, 6.07) is 15.4. The molecule has 0 saturated carbocycles. The number of aromatic nitrogens is 2. The number of para-hydroxylation sites is 2. The molecule has 0 saturated heterocycles. The minimum Gasteiger partial charge on any atom is -0.332 e. The smallest absolute Gasteiger partial charge is 0.210 e. The summed E-state index contributed by atoms with van der Waals surface area (Å²) in [5.74, 6) is 0.732. The van der Waals surface area contributed by atoms with Crippen LogP contribution in [-0.2, 0) is 6.54 Å². The molecule has 4 nitrogen and oxygen atoms in total. The number of benzene rings is 2. The maximum atomic E-state index is 5.87. The van der Waals surface area contributed by atoms with Crippen molar-refractivity contribution < 1.29 is 0 Å². The average Bonchev–Trinajstić information content (AvgIpc) is 2.86. The fraction of sp³-hybridized carbons (Fsp3) is 0.125. The van der Waals surface area contributed by atoms with Crippen LogP contribution in [0.2, 0.25) is 5.02 Å². The largest absolute Gasteiger partial charge is 0.332 e. The van der Waals surface area contributed by atoms with Gasteiger partial charge in [0.25, 0.3) is 0 Å². The van der Waals surface area contributed by atoms with Crippen LogP contribution in [0.5, 0.6) is 0 Å². The highest BCUT2D eigenvalue weighted by atomic mass is 35.5. The molecule has 0 aliphatic rings. The first-order chi connectivity index (χ1) is 10.7. The third-order valence-corrected chi connectivity index (χ3v) is 3.75. The molecule has 3 aromatic rings. The lowest BCUT2D eigenvalue weighted by Crippen LogP contribution is -2.21. The molecule has 0 fully saturated rings. The Morgan fingerprint density at radius 3 is 2.59 bits per heavy atom. The van der Waals surface area contributed by atoms with Gasteiger partial charge in [-0.05, 0) is 55.5 Å². The van der Waals surface area contributed by atoms with Gasteiger partial charge in [0.1, 0.15) is 0 Å². The normalized spacial score (nSPS) is 10.6. The Bertz CT molecular complexity index is 811. The van der Waals surface area contributed by atoms with E-state index >= 15 is 0 Å². The van der Waals surface area contributed by atoms with Crippen molar-refractivity contribution in [2.75, 3.05) is 10.6 Å². The molecule has 2 aromatic carbocycles. The van der Waals surface area contributed by atoms with Crippen molar-refractivity contribution in [3.8, 4) is 0 Å². The van der Waals surface area contributed by atoms with E-state index in [0.717, 1.165) is 29.2 Å². The standard InChI is InChI=1S/C16H15ClN4S/c1-2-21-14-6-4-3-5-13(14)19-15(21)20-16(22)18-12-9-7-11(17)8-10-12/h3-10H,2H2,1H3,(H2,18,19,20,22). The molecule has 0 radical (unpaired) electrons. The van der Waals surface area contributed by atoms with Gasteiger partial charge in [0.15, 0.2) is 5.11 Å². The maximum Gasteiger partial charge on any atom is 0.210 e. The van der Waals surface area contributed by atoms with Gasteiger partial charge in [0.2, 0.25) is 5.95 Å². The number of anilines is 2. The first-order valence-corrected chi connectivity index (χ1v) is 7.75. The van der Waals surface area contributed by atoms with Gasteiger partial charge in [-0.2, -0.15) is 0 Å². The van der Waals surface area contributed by atoms with E-state index in [4.69, 9.17) is 23.8 Å². The molecule has 0 spiro atoms. The summed E-state index contributed by atoms with van der Waals surface area (Å²) in [5, 5.41) is 7.46. The Balaban J connectivity index is 1.80. The number of hydrogen-bond acceptors (Lipinski definition) is 2. The molecule has 0 aliphatic carbocycles. The van der Waals surface area contributed by atoms with Crippen molar-refractivity contribution in [1.29, 1.82) is 0 Å². The van der Waals surface area contributed by atoms with Gasteiger partial charge in [-0.1, -0.05) is 23.7 Å². The SMILES string of the molecule is CCn1c(NC(=S)Nc2ccc(Cl)cc2)nc2ccccc21. The van der Waals surface area contributed by atoms with E-state index in [1.165, 1.54) is 0 Å². The second kappa shape index (κ2) is 6.34. The van der Waals surface area contributed by atoms with Gasteiger partial charge < -0.3 is 15.2 Å². The molecule has 6 heteroatoms. The van der Waals surface area contributed by atoms with E-state index in [9.17, 15) is 0 Å². The Kier molecular flexibility index (Phi) is 4.27. The van der Waals surface area contributed by atoms with Crippen molar-refractivity contribution in [3.63, 3.8) is 0 Å². The molecule has 1 aromatic heterocycles. The van der Waals surface area contributed by atoms with E-state index in [0.29, 0.717) is 10.1 Å². The van der Waals surface area contributed by atoms with Crippen molar-refractivity contribution in [2.45, 2.75) is 13.5 Å². The van der Waals surface area contributed by atoms with E-state index in [1.807, 2.05) is 48.5 Å². The van der Waals surface area contributed by atoms with E-state index in [1.54, 1.807) is 0 Å². The number of nitrogens with one attached hydrogen (secondary N) is 2. The van der Waals surface area contributed by atoms with Crippen LogP contribution >= 0.6 is 23.8 Å². The lowest BCUT2D eigenvalue weighted by atomic mass is 10.3. The van der Waals surface area contributed by atoms with Crippen LogP contribution in [0.15, 0.2) is 48.5 Å². The molecule has 22 heavy (non-hydrogen) atoms. The number of thiocarbonyl (C=S) groups is 1. The van der Waals surface area contributed by atoms with Crippen molar-refractivity contribution in [1.82, 2.24) is 9.55 Å². The van der Waals surface area contributed by atoms with Gasteiger partial charge in [0.05, 0.1) is 11.0 Å². The predicted octanol–water partition coefficient (Wildman–Crippen LogP) is 4.52. The molecule has 0 amide bonds. The molecule has 2 N–H and O–H groups in total. The third kappa shape index (κ3) is 3.05. The summed E-state index contributed by atoms with van der Waals surface area (Å²) in [5.41, 5.74) is 2.91. The summed E-state index contributed by atoms with van der Waals surface area (Å²) >= 11 is 11.2. The number of fused-ring (bicyclic) bond motifs is 1. The predicted molar refractivity (Wildman–Crippen MR) is 96.7 cm³/mol. The fourth-order valence-electron chi connectivity index (χ4n) is 2.29. The van der Waals surface area contributed by atoms with Crippen molar-refractivity contribution >= 4 is 51.6 Å². The second-order valence-electron chi connectivity index (χ2n) is 4.75. The van der Waals surface area contributed by atoms with E-state index in [-0.39, 0.29) is 0 Å². The summed E-state index contributed by atoms with van der Waals surface area (Å²) in [6.07, 6.45) is 0. The molecule has 1 heterocycles. The van der Waals surface area contributed by atoms with Crippen LogP contribution in [0.4, 0.5) is 11.6 Å². The average molecular weight is 331 g/mol. The third-order valence-electron chi connectivity index (χ3n) is 3.30. The summed E-state index contributed by atoms with van der Waals surface area (Å²) in [7, 11) is 0. The molecule has 0 bridgehead atoms. The van der Waals surface area contributed by atoms with E-state index < -0.39 is 0 Å². The number of nitrogens with zero attached hydrogens (tertiary/aromatic N) is 2. The Hall–Kier alpha value is -2.11. The van der Waals surface area contributed by atoms with Gasteiger partial charge >= 0.3 is 0 Å². The van der Waals surface area contributed by atoms with E-state index in [2.05, 4.69) is 27.1 Å². The number of imidazole rings is 1. The van der Waals surface area contributed by atoms with Crippen LogP contribution in [0.1, 0.15) is 6.92 Å². The van der Waals surface area contributed by atoms with Gasteiger partial charge in [-0.3, -0.25) is 0 Å². The monoisotopic (exact) mass is 330 g/mol. The molecular weight excluding hydrogens is 316 g/mol. The highest BCUT2D eigenvalue weighted by molar-refractivity contribution is 7.80. The quantitative estimate of drug-likeness (QED) is 0.693. The number of rotatable bonds is 3. The van der Waals surface area contributed by atoms with Gasteiger partial charge in [-0.25, -0.2) is 4.98 Å². The first kappa shape index (κ1) is 14.8. The first-order valence-electron chi connectivity index (χ1n) is 6.96. The molecule has 0 unspecified atom stereocenters. The zero-order valence-corrected chi connectivity index (χ0v) is 13.6. The van der Waals surface area contributed by atoms with Crippen LogP contribution in [0.25, 0.3) is 11.0 Å². The molecule has 3 rings (SSSR count). The fourth-order valence-corrected chi connectivity index (χ4v) is 2.62. The summed E-state index contributed by atoms with van der Waals surface area (Å²) < 4.78 is 2.09. The lowest BCUT2D eigenvalue weighted by Gasteiger charge is -2.11. The lowest BCUT2D eigenvalue weighted by molar-refractivity contribution is 0.799. The Labute approximate surface area is 139 Å². The molecule has 0 atom stereocenters. The van der Waals surface area contributed by atoms with Gasteiger partial charge in [0, 0.05) is 17.3 Å². The highest BCUT2D eigenvalue weighted by Gasteiger charge is 2.10. The van der Waals surface area contributed by atoms with Crippen LogP contribution in [0, 0.1) is 0 Å². The number of halogens is 1. The topological polar surface area (TPSA) is 41.9 Å². The van der Waals surface area contributed by atoms with Crippen LogP contribution < -0.4 is 10.6 Å².